The maximum Gasteiger partial charge on any atom is 0.239 e. The number of hydrogen-bond donors (Lipinski definition) is 0. The Kier molecular flexibility index (Phi) is 6.84. The molecule has 6 heteroatoms. The molecular formula is C17H31N3O3. The second-order valence-corrected chi connectivity index (χ2v) is 6.83. The smallest absolute Gasteiger partial charge is 0.239 e. The lowest BCUT2D eigenvalue weighted by Crippen LogP contribution is -2.51. The highest BCUT2D eigenvalue weighted by molar-refractivity contribution is 5.83. The molecule has 1 heterocycles. The molecule has 1 saturated carbocycles. The normalized spacial score (nSPS) is 21.3. The monoisotopic (exact) mass is 325 g/mol. The van der Waals surface area contributed by atoms with Crippen LogP contribution in [-0.2, 0) is 14.3 Å². The predicted octanol–water partition coefficient (Wildman–Crippen LogP) is 0.957. The number of rotatable bonds is 5. The van der Waals surface area contributed by atoms with Crippen LogP contribution in [0.2, 0.25) is 0 Å². The Bertz CT molecular complexity index is 404. The molecule has 2 amide bonds. The Hall–Kier alpha value is -1.14. The van der Waals surface area contributed by atoms with Gasteiger partial charge in [0.2, 0.25) is 11.8 Å². The number of morpholine rings is 1. The molecule has 0 aromatic rings. The minimum Gasteiger partial charge on any atom is -0.378 e. The van der Waals surface area contributed by atoms with Crippen LogP contribution in [0.5, 0.6) is 0 Å². The van der Waals surface area contributed by atoms with Crippen LogP contribution < -0.4 is 0 Å². The summed E-state index contributed by atoms with van der Waals surface area (Å²) >= 11 is 0. The third-order valence-electron chi connectivity index (χ3n) is 5.24. The van der Waals surface area contributed by atoms with E-state index in [1.54, 1.807) is 0 Å². The molecule has 1 aliphatic carbocycles. The molecule has 0 aromatic heterocycles. The van der Waals surface area contributed by atoms with Crippen LogP contribution in [-0.4, -0.2) is 85.5 Å². The van der Waals surface area contributed by atoms with Crippen LogP contribution in [0, 0.1) is 0 Å². The van der Waals surface area contributed by atoms with Gasteiger partial charge in [0.1, 0.15) is 0 Å². The topological polar surface area (TPSA) is 53.1 Å². The van der Waals surface area contributed by atoms with Crippen molar-refractivity contribution in [2.45, 2.75) is 51.1 Å². The van der Waals surface area contributed by atoms with Crippen LogP contribution in [0.4, 0.5) is 0 Å². The van der Waals surface area contributed by atoms with Gasteiger partial charge in [-0.25, -0.2) is 0 Å². The van der Waals surface area contributed by atoms with Crippen molar-refractivity contribution in [1.29, 1.82) is 0 Å². The number of hydrogen-bond acceptors (Lipinski definition) is 4. The van der Waals surface area contributed by atoms with Gasteiger partial charge in [0.15, 0.2) is 0 Å². The molecule has 1 atom stereocenters. The molecule has 0 spiro atoms. The van der Waals surface area contributed by atoms with Crippen molar-refractivity contribution < 1.29 is 14.3 Å². The van der Waals surface area contributed by atoms with E-state index in [-0.39, 0.29) is 24.4 Å². The molecular weight excluding hydrogens is 294 g/mol. The summed E-state index contributed by atoms with van der Waals surface area (Å²) in [4.78, 5) is 30.6. The second kappa shape index (κ2) is 8.64. The van der Waals surface area contributed by atoms with Crippen LogP contribution in [0.3, 0.4) is 0 Å². The molecule has 0 N–H and O–H groups in total. The largest absolute Gasteiger partial charge is 0.378 e. The SMILES string of the molecule is CC(C(=O)N(C)C1CCCCC1)N(C)CC(=O)N1CCOCC1. The van der Waals surface area contributed by atoms with Gasteiger partial charge < -0.3 is 14.5 Å². The fraction of sp³-hybridized carbons (Fsp3) is 0.882. The van der Waals surface area contributed by atoms with Crippen molar-refractivity contribution in [2.75, 3.05) is 46.9 Å². The van der Waals surface area contributed by atoms with E-state index in [1.807, 2.05) is 35.7 Å². The van der Waals surface area contributed by atoms with Gasteiger partial charge in [-0.15, -0.1) is 0 Å². The predicted molar refractivity (Wildman–Crippen MR) is 89.1 cm³/mol. The van der Waals surface area contributed by atoms with Crippen molar-refractivity contribution in [3.05, 3.63) is 0 Å². The van der Waals surface area contributed by atoms with Gasteiger partial charge in [0.05, 0.1) is 25.8 Å². The van der Waals surface area contributed by atoms with Crippen molar-refractivity contribution in [3.63, 3.8) is 0 Å². The summed E-state index contributed by atoms with van der Waals surface area (Å²) in [6.45, 7) is 4.69. The number of carbonyl (C=O) groups excluding carboxylic acids is 2. The first-order valence-corrected chi connectivity index (χ1v) is 8.83. The molecule has 132 valence electrons. The van der Waals surface area contributed by atoms with Crippen molar-refractivity contribution in [1.82, 2.24) is 14.7 Å². The average Bonchev–Trinajstić information content (AvgIpc) is 2.61. The van der Waals surface area contributed by atoms with E-state index in [2.05, 4.69) is 0 Å². The summed E-state index contributed by atoms with van der Waals surface area (Å²) in [6.07, 6.45) is 5.91. The number of ether oxygens (including phenoxy) is 1. The Balaban J connectivity index is 1.83. The van der Waals surface area contributed by atoms with Crippen molar-refractivity contribution in [2.24, 2.45) is 0 Å². The fourth-order valence-corrected chi connectivity index (χ4v) is 3.39. The number of nitrogens with zero attached hydrogens (tertiary/aromatic N) is 3. The standard InChI is InChI=1S/C17H31N3O3/c1-14(17(22)19(3)15-7-5-4-6-8-15)18(2)13-16(21)20-9-11-23-12-10-20/h14-15H,4-13H2,1-3H3. The van der Waals surface area contributed by atoms with Crippen LogP contribution >= 0.6 is 0 Å². The fourth-order valence-electron chi connectivity index (χ4n) is 3.39. The summed E-state index contributed by atoms with van der Waals surface area (Å²) < 4.78 is 5.27. The van der Waals surface area contributed by atoms with Gasteiger partial charge in [-0.2, -0.15) is 0 Å². The van der Waals surface area contributed by atoms with E-state index in [0.717, 1.165) is 12.8 Å². The van der Waals surface area contributed by atoms with E-state index < -0.39 is 0 Å². The summed E-state index contributed by atoms with van der Waals surface area (Å²) in [5.74, 6) is 0.199. The first kappa shape index (κ1) is 18.2. The average molecular weight is 325 g/mol. The minimum absolute atomic E-state index is 0.0794. The lowest BCUT2D eigenvalue weighted by molar-refractivity contribution is -0.141. The maximum atomic E-state index is 12.7. The van der Waals surface area contributed by atoms with Gasteiger partial charge in [-0.3, -0.25) is 14.5 Å². The molecule has 1 unspecified atom stereocenters. The van der Waals surface area contributed by atoms with Crippen molar-refractivity contribution >= 4 is 11.8 Å². The zero-order valence-corrected chi connectivity index (χ0v) is 14.8. The Morgan fingerprint density at radius 1 is 1.13 bits per heavy atom. The summed E-state index contributed by atoms with van der Waals surface area (Å²) in [6, 6.07) is 0.0916. The van der Waals surface area contributed by atoms with Crippen LogP contribution in [0.15, 0.2) is 0 Å². The molecule has 0 radical (unpaired) electrons. The van der Waals surface area contributed by atoms with Crippen LogP contribution in [0.1, 0.15) is 39.0 Å². The zero-order chi connectivity index (χ0) is 16.8. The molecule has 2 fully saturated rings. The Labute approximate surface area is 139 Å². The highest BCUT2D eigenvalue weighted by atomic mass is 16.5. The third kappa shape index (κ3) is 4.91. The van der Waals surface area contributed by atoms with Gasteiger partial charge >= 0.3 is 0 Å². The number of amides is 2. The summed E-state index contributed by atoms with van der Waals surface area (Å²) in [5.41, 5.74) is 0. The Morgan fingerprint density at radius 3 is 2.35 bits per heavy atom. The van der Waals surface area contributed by atoms with Gasteiger partial charge in [0, 0.05) is 26.2 Å². The molecule has 1 aliphatic heterocycles. The van der Waals surface area contributed by atoms with Crippen molar-refractivity contribution in [3.8, 4) is 0 Å². The van der Waals surface area contributed by atoms with Gasteiger partial charge in [-0.05, 0) is 26.8 Å². The van der Waals surface area contributed by atoms with Gasteiger partial charge in [-0.1, -0.05) is 19.3 Å². The van der Waals surface area contributed by atoms with Gasteiger partial charge in [0.25, 0.3) is 0 Å². The minimum atomic E-state index is -0.271. The molecule has 0 aromatic carbocycles. The third-order valence-corrected chi connectivity index (χ3v) is 5.24. The van der Waals surface area contributed by atoms with E-state index in [1.165, 1.54) is 19.3 Å². The molecule has 2 aliphatic rings. The lowest BCUT2D eigenvalue weighted by atomic mass is 9.94. The first-order chi connectivity index (χ1) is 11.0. The Morgan fingerprint density at radius 2 is 1.74 bits per heavy atom. The summed E-state index contributed by atoms with van der Waals surface area (Å²) in [5, 5.41) is 0. The lowest BCUT2D eigenvalue weighted by Gasteiger charge is -2.35. The number of carbonyl (C=O) groups is 2. The van der Waals surface area contributed by atoms with Crippen LogP contribution in [0.25, 0.3) is 0 Å². The zero-order valence-electron chi connectivity index (χ0n) is 14.8. The number of likely N-dealkylation sites (N-methyl/N-ethyl adjacent to an activating group) is 2. The second-order valence-electron chi connectivity index (χ2n) is 6.83. The first-order valence-electron chi connectivity index (χ1n) is 8.83. The van der Waals surface area contributed by atoms with E-state index in [0.29, 0.717) is 32.3 Å². The summed E-state index contributed by atoms with van der Waals surface area (Å²) in [7, 11) is 3.77. The molecule has 0 bridgehead atoms. The maximum absolute atomic E-state index is 12.7. The highest BCUT2D eigenvalue weighted by Crippen LogP contribution is 2.22. The quantitative estimate of drug-likeness (QED) is 0.755. The molecule has 6 nitrogen and oxygen atoms in total. The van der Waals surface area contributed by atoms with E-state index in [9.17, 15) is 9.59 Å². The van der Waals surface area contributed by atoms with E-state index >= 15 is 0 Å². The molecule has 1 saturated heterocycles. The van der Waals surface area contributed by atoms with E-state index in [4.69, 9.17) is 4.74 Å². The molecule has 2 rings (SSSR count). The molecule has 23 heavy (non-hydrogen) atoms. The highest BCUT2D eigenvalue weighted by Gasteiger charge is 2.29.